The zero-order chi connectivity index (χ0) is 22.1. The van der Waals surface area contributed by atoms with Crippen LogP contribution in [0.15, 0.2) is 72.4 Å². The first kappa shape index (κ1) is 20.7. The SMILES string of the molecule is COc1ccc(N2C(=O)C(Nc3cc(C)cc(C)c3)=C(c3ccccc3)C2=O)cc1Cl. The molecule has 0 bridgehead atoms. The summed E-state index contributed by atoms with van der Waals surface area (Å²) < 4.78 is 5.19. The standard InChI is InChI=1S/C25H21ClN2O3/c1-15-11-16(2)13-18(12-15)27-23-22(17-7-5-4-6-8-17)24(29)28(25(23)30)19-9-10-21(31-3)20(26)14-19/h4-14,27H,1-3H3. The predicted molar refractivity (Wildman–Crippen MR) is 123 cm³/mol. The molecule has 0 unspecified atom stereocenters. The molecule has 156 valence electrons. The summed E-state index contributed by atoms with van der Waals surface area (Å²) in [5, 5.41) is 3.52. The molecule has 0 aliphatic carbocycles. The number of nitrogens with one attached hydrogen (secondary N) is 1. The van der Waals surface area contributed by atoms with E-state index in [1.807, 2.05) is 62.4 Å². The number of carbonyl (C=O) groups is 2. The van der Waals surface area contributed by atoms with Crippen molar-refractivity contribution in [2.75, 3.05) is 17.3 Å². The number of aryl methyl sites for hydroxylation is 2. The van der Waals surface area contributed by atoms with Crippen LogP contribution in [0.3, 0.4) is 0 Å². The fourth-order valence-electron chi connectivity index (χ4n) is 3.74. The highest BCUT2D eigenvalue weighted by atomic mass is 35.5. The average molecular weight is 433 g/mol. The molecule has 4 rings (SSSR count). The number of methoxy groups -OCH3 is 1. The van der Waals surface area contributed by atoms with Gasteiger partial charge in [-0.2, -0.15) is 0 Å². The lowest BCUT2D eigenvalue weighted by atomic mass is 10.0. The largest absolute Gasteiger partial charge is 0.495 e. The fourth-order valence-corrected chi connectivity index (χ4v) is 3.99. The summed E-state index contributed by atoms with van der Waals surface area (Å²) in [4.78, 5) is 28.0. The summed E-state index contributed by atoms with van der Waals surface area (Å²) in [6, 6.07) is 19.9. The van der Waals surface area contributed by atoms with E-state index in [0.717, 1.165) is 21.7 Å². The van der Waals surface area contributed by atoms with E-state index < -0.39 is 11.8 Å². The molecule has 6 heteroatoms. The Morgan fingerprint density at radius 1 is 0.871 bits per heavy atom. The molecule has 0 fully saturated rings. The Morgan fingerprint density at radius 2 is 1.55 bits per heavy atom. The number of halogens is 1. The third-order valence-electron chi connectivity index (χ3n) is 5.03. The number of carbonyl (C=O) groups excluding carboxylic acids is 2. The van der Waals surface area contributed by atoms with E-state index in [0.29, 0.717) is 27.6 Å². The zero-order valence-electron chi connectivity index (χ0n) is 17.4. The summed E-state index contributed by atoms with van der Waals surface area (Å²) in [5.74, 6) is -0.386. The van der Waals surface area contributed by atoms with Crippen LogP contribution in [-0.2, 0) is 9.59 Å². The Balaban J connectivity index is 1.82. The molecule has 0 atom stereocenters. The lowest BCUT2D eigenvalue weighted by Crippen LogP contribution is -2.32. The quantitative estimate of drug-likeness (QED) is 0.551. The van der Waals surface area contributed by atoms with Crippen LogP contribution in [0.4, 0.5) is 11.4 Å². The van der Waals surface area contributed by atoms with E-state index in [1.54, 1.807) is 18.2 Å². The Morgan fingerprint density at radius 3 is 2.16 bits per heavy atom. The first-order valence-electron chi connectivity index (χ1n) is 9.76. The van der Waals surface area contributed by atoms with Crippen LogP contribution in [-0.4, -0.2) is 18.9 Å². The molecule has 1 N–H and O–H groups in total. The normalized spacial score (nSPS) is 13.7. The molecule has 0 aromatic heterocycles. The van der Waals surface area contributed by atoms with E-state index in [9.17, 15) is 9.59 Å². The van der Waals surface area contributed by atoms with Gasteiger partial charge in [-0.3, -0.25) is 9.59 Å². The number of ether oxygens (including phenoxy) is 1. The molecule has 0 saturated carbocycles. The van der Waals surface area contributed by atoms with Gasteiger partial charge in [-0.25, -0.2) is 4.90 Å². The van der Waals surface area contributed by atoms with Crippen LogP contribution in [0.25, 0.3) is 5.57 Å². The van der Waals surface area contributed by atoms with E-state index in [-0.39, 0.29) is 5.70 Å². The van der Waals surface area contributed by atoms with Gasteiger partial charge in [-0.1, -0.05) is 48.0 Å². The van der Waals surface area contributed by atoms with Crippen LogP contribution in [0.1, 0.15) is 16.7 Å². The molecule has 1 heterocycles. The van der Waals surface area contributed by atoms with E-state index in [4.69, 9.17) is 16.3 Å². The average Bonchev–Trinajstić information content (AvgIpc) is 2.97. The number of rotatable bonds is 5. The van der Waals surface area contributed by atoms with Crippen LogP contribution in [0, 0.1) is 13.8 Å². The van der Waals surface area contributed by atoms with Gasteiger partial charge in [0.2, 0.25) is 0 Å². The number of nitrogens with zero attached hydrogens (tertiary/aromatic N) is 1. The second kappa shape index (κ2) is 8.28. The maximum Gasteiger partial charge on any atom is 0.282 e. The number of benzene rings is 3. The van der Waals surface area contributed by atoms with Crippen molar-refractivity contribution in [2.24, 2.45) is 0 Å². The van der Waals surface area contributed by atoms with Crippen molar-refractivity contribution in [3.8, 4) is 5.75 Å². The van der Waals surface area contributed by atoms with Crippen molar-refractivity contribution in [3.63, 3.8) is 0 Å². The third kappa shape index (κ3) is 3.92. The smallest absolute Gasteiger partial charge is 0.282 e. The monoisotopic (exact) mass is 432 g/mol. The topological polar surface area (TPSA) is 58.6 Å². The second-order valence-electron chi connectivity index (χ2n) is 7.38. The summed E-state index contributed by atoms with van der Waals surface area (Å²) in [6.45, 7) is 3.97. The van der Waals surface area contributed by atoms with Gasteiger partial charge in [0.05, 0.1) is 23.4 Å². The summed E-state index contributed by atoms with van der Waals surface area (Å²) in [5.41, 5.74) is 4.45. The molecular weight excluding hydrogens is 412 g/mol. The molecule has 31 heavy (non-hydrogen) atoms. The molecule has 1 aliphatic rings. The fraction of sp³-hybridized carbons (Fsp3) is 0.120. The van der Waals surface area contributed by atoms with Gasteiger partial charge in [0.1, 0.15) is 11.4 Å². The van der Waals surface area contributed by atoms with Crippen LogP contribution < -0.4 is 15.0 Å². The molecule has 0 spiro atoms. The molecule has 5 nitrogen and oxygen atoms in total. The number of hydrogen-bond donors (Lipinski definition) is 1. The number of amides is 2. The summed E-state index contributed by atoms with van der Waals surface area (Å²) in [6.07, 6.45) is 0. The van der Waals surface area contributed by atoms with Crippen molar-refractivity contribution < 1.29 is 14.3 Å². The van der Waals surface area contributed by atoms with Crippen LogP contribution in [0.2, 0.25) is 5.02 Å². The van der Waals surface area contributed by atoms with Gasteiger partial charge in [-0.15, -0.1) is 0 Å². The molecule has 3 aromatic rings. The minimum absolute atomic E-state index is 0.230. The molecular formula is C25H21ClN2O3. The van der Waals surface area contributed by atoms with Gasteiger partial charge in [0.25, 0.3) is 11.8 Å². The summed E-state index contributed by atoms with van der Waals surface area (Å²) >= 11 is 6.25. The van der Waals surface area contributed by atoms with Crippen molar-refractivity contribution in [3.05, 3.63) is 94.1 Å². The van der Waals surface area contributed by atoms with Crippen molar-refractivity contribution >= 4 is 40.4 Å². The van der Waals surface area contributed by atoms with Crippen LogP contribution in [0.5, 0.6) is 5.75 Å². The summed E-state index contributed by atoms with van der Waals surface area (Å²) in [7, 11) is 1.51. The highest BCUT2D eigenvalue weighted by molar-refractivity contribution is 6.46. The van der Waals surface area contributed by atoms with Crippen LogP contribution >= 0.6 is 11.6 Å². The predicted octanol–water partition coefficient (Wildman–Crippen LogP) is 5.36. The Hall–Kier alpha value is -3.57. The first-order chi connectivity index (χ1) is 14.9. The van der Waals surface area contributed by atoms with E-state index >= 15 is 0 Å². The van der Waals surface area contributed by atoms with Crippen molar-refractivity contribution in [1.29, 1.82) is 0 Å². The van der Waals surface area contributed by atoms with Gasteiger partial charge < -0.3 is 10.1 Å². The van der Waals surface area contributed by atoms with E-state index in [2.05, 4.69) is 5.32 Å². The Labute approximate surface area is 185 Å². The number of imide groups is 1. The molecule has 3 aromatic carbocycles. The maximum absolute atomic E-state index is 13.5. The zero-order valence-corrected chi connectivity index (χ0v) is 18.2. The van der Waals surface area contributed by atoms with Gasteiger partial charge in [0.15, 0.2) is 0 Å². The highest BCUT2D eigenvalue weighted by Crippen LogP contribution is 2.36. The Bertz CT molecular complexity index is 1200. The van der Waals surface area contributed by atoms with Gasteiger partial charge >= 0.3 is 0 Å². The second-order valence-corrected chi connectivity index (χ2v) is 7.79. The van der Waals surface area contributed by atoms with Gasteiger partial charge in [0, 0.05) is 5.69 Å². The molecule has 1 aliphatic heterocycles. The third-order valence-corrected chi connectivity index (χ3v) is 5.33. The minimum Gasteiger partial charge on any atom is -0.495 e. The Kier molecular flexibility index (Phi) is 5.53. The highest BCUT2D eigenvalue weighted by Gasteiger charge is 2.40. The van der Waals surface area contributed by atoms with Crippen molar-refractivity contribution in [2.45, 2.75) is 13.8 Å². The van der Waals surface area contributed by atoms with E-state index in [1.165, 1.54) is 7.11 Å². The lowest BCUT2D eigenvalue weighted by molar-refractivity contribution is -0.120. The molecule has 0 saturated heterocycles. The minimum atomic E-state index is -0.441. The lowest BCUT2D eigenvalue weighted by Gasteiger charge is -2.17. The van der Waals surface area contributed by atoms with Gasteiger partial charge in [-0.05, 0) is 60.9 Å². The van der Waals surface area contributed by atoms with Crippen molar-refractivity contribution in [1.82, 2.24) is 0 Å². The number of anilines is 2. The molecule has 2 amide bonds. The first-order valence-corrected chi connectivity index (χ1v) is 10.1. The number of hydrogen-bond acceptors (Lipinski definition) is 4. The molecule has 0 radical (unpaired) electrons. The maximum atomic E-state index is 13.5.